The summed E-state index contributed by atoms with van der Waals surface area (Å²) in [5.41, 5.74) is 2.49. The number of hydrogen-bond donors (Lipinski definition) is 2. The van der Waals surface area contributed by atoms with Crippen molar-refractivity contribution in [2.24, 2.45) is 16.8 Å². The molecule has 29 heavy (non-hydrogen) atoms. The van der Waals surface area contributed by atoms with Crippen molar-refractivity contribution >= 4 is 35.8 Å². The van der Waals surface area contributed by atoms with Gasteiger partial charge in [0.05, 0.1) is 6.10 Å². The van der Waals surface area contributed by atoms with E-state index in [1.54, 1.807) is 19.0 Å². The van der Waals surface area contributed by atoms with Gasteiger partial charge in [0.1, 0.15) is 6.54 Å². The Hall–Kier alpha value is -1.35. The number of rotatable bonds is 7. The molecule has 0 saturated carbocycles. The number of likely N-dealkylation sites (N-methyl/N-ethyl adjacent to an activating group) is 1. The van der Waals surface area contributed by atoms with Crippen molar-refractivity contribution in [3.05, 3.63) is 35.4 Å². The van der Waals surface area contributed by atoms with E-state index in [2.05, 4.69) is 60.7 Å². The highest BCUT2D eigenvalue weighted by molar-refractivity contribution is 14.0. The second kappa shape index (κ2) is 13.1. The Morgan fingerprint density at radius 1 is 1.24 bits per heavy atom. The molecule has 2 rings (SSSR count). The first-order chi connectivity index (χ1) is 13.4. The summed E-state index contributed by atoms with van der Waals surface area (Å²) in [5, 5.41) is 6.78. The highest BCUT2D eigenvalue weighted by Gasteiger charge is 2.27. The van der Waals surface area contributed by atoms with E-state index in [4.69, 9.17) is 4.74 Å². The van der Waals surface area contributed by atoms with Crippen LogP contribution in [-0.2, 0) is 9.53 Å². The molecule has 1 saturated heterocycles. The molecule has 1 aromatic rings. The van der Waals surface area contributed by atoms with Crippen molar-refractivity contribution in [2.45, 2.75) is 39.7 Å². The molecule has 6 nitrogen and oxygen atoms in total. The Morgan fingerprint density at radius 2 is 1.93 bits per heavy atom. The summed E-state index contributed by atoms with van der Waals surface area (Å²) in [6, 6.07) is 8.61. The van der Waals surface area contributed by atoms with Gasteiger partial charge in [-0.05, 0) is 31.2 Å². The minimum absolute atomic E-state index is 0. The Balaban J connectivity index is 0.00000420. The van der Waals surface area contributed by atoms with E-state index >= 15 is 0 Å². The maximum atomic E-state index is 11.9. The number of guanidine groups is 1. The van der Waals surface area contributed by atoms with Crippen LogP contribution in [0.2, 0.25) is 0 Å². The number of nitrogens with zero attached hydrogens (tertiary/aromatic N) is 2. The van der Waals surface area contributed by atoms with Crippen molar-refractivity contribution in [2.75, 3.05) is 40.3 Å². The van der Waals surface area contributed by atoms with Crippen LogP contribution < -0.4 is 10.6 Å². The number of aliphatic imine (C=N–C) groups is 1. The first kappa shape index (κ1) is 25.7. The van der Waals surface area contributed by atoms with Crippen molar-refractivity contribution in [1.29, 1.82) is 0 Å². The van der Waals surface area contributed by atoms with E-state index in [1.165, 1.54) is 11.1 Å². The van der Waals surface area contributed by atoms with Gasteiger partial charge in [0.25, 0.3) is 0 Å². The number of ether oxygens (including phenoxy) is 1. The number of carbonyl (C=O) groups is 1. The SMILES string of the molecule is Cc1ccc(C2OCCCC2CNC(=NCC(=O)N(C)C)NCC(C)C)cc1.I. The second-order valence-corrected chi connectivity index (χ2v) is 8.21. The van der Waals surface area contributed by atoms with Gasteiger partial charge < -0.3 is 20.3 Å². The quantitative estimate of drug-likeness (QED) is 0.332. The molecule has 1 heterocycles. The third-order valence-electron chi connectivity index (χ3n) is 4.93. The van der Waals surface area contributed by atoms with E-state index < -0.39 is 0 Å². The van der Waals surface area contributed by atoms with Crippen molar-refractivity contribution in [3.8, 4) is 0 Å². The molecule has 2 unspecified atom stereocenters. The number of carbonyl (C=O) groups excluding carboxylic acids is 1. The van der Waals surface area contributed by atoms with Crippen molar-refractivity contribution < 1.29 is 9.53 Å². The van der Waals surface area contributed by atoms with Crippen LogP contribution in [0.1, 0.15) is 43.9 Å². The van der Waals surface area contributed by atoms with Gasteiger partial charge in [-0.1, -0.05) is 43.7 Å². The van der Waals surface area contributed by atoms with E-state index in [9.17, 15) is 4.79 Å². The summed E-state index contributed by atoms with van der Waals surface area (Å²) >= 11 is 0. The van der Waals surface area contributed by atoms with Gasteiger partial charge in [0.2, 0.25) is 5.91 Å². The van der Waals surface area contributed by atoms with Gasteiger partial charge in [-0.2, -0.15) is 0 Å². The fourth-order valence-electron chi connectivity index (χ4n) is 3.17. The normalized spacial score (nSPS) is 19.4. The second-order valence-electron chi connectivity index (χ2n) is 8.21. The van der Waals surface area contributed by atoms with Crippen LogP contribution in [0.5, 0.6) is 0 Å². The minimum atomic E-state index is -0.0100. The molecular weight excluding hydrogens is 479 g/mol. The Kier molecular flexibility index (Phi) is 11.6. The van der Waals surface area contributed by atoms with E-state index in [-0.39, 0.29) is 42.5 Å². The topological polar surface area (TPSA) is 66.0 Å². The van der Waals surface area contributed by atoms with Crippen LogP contribution in [0.4, 0.5) is 0 Å². The molecule has 2 N–H and O–H groups in total. The lowest BCUT2D eigenvalue weighted by atomic mass is 9.89. The number of halogens is 1. The molecule has 0 aromatic heterocycles. The van der Waals surface area contributed by atoms with Gasteiger partial charge in [0.15, 0.2) is 5.96 Å². The molecule has 0 spiro atoms. The lowest BCUT2D eigenvalue weighted by molar-refractivity contribution is -0.127. The summed E-state index contributed by atoms with van der Waals surface area (Å²) < 4.78 is 6.12. The Labute approximate surface area is 192 Å². The summed E-state index contributed by atoms with van der Waals surface area (Å²) in [6.07, 6.45) is 2.27. The van der Waals surface area contributed by atoms with Crippen LogP contribution >= 0.6 is 24.0 Å². The number of nitrogens with one attached hydrogen (secondary N) is 2. The zero-order valence-electron chi connectivity index (χ0n) is 18.4. The molecule has 1 aromatic carbocycles. The third-order valence-corrected chi connectivity index (χ3v) is 4.93. The zero-order chi connectivity index (χ0) is 20.5. The molecular formula is C22H37IN4O2. The van der Waals surface area contributed by atoms with Crippen LogP contribution in [-0.4, -0.2) is 57.1 Å². The fourth-order valence-corrected chi connectivity index (χ4v) is 3.17. The molecule has 1 fully saturated rings. The molecule has 1 amide bonds. The lowest BCUT2D eigenvalue weighted by Gasteiger charge is -2.32. The van der Waals surface area contributed by atoms with E-state index in [0.717, 1.165) is 32.5 Å². The average Bonchev–Trinajstić information content (AvgIpc) is 2.67. The van der Waals surface area contributed by atoms with Crippen LogP contribution in [0, 0.1) is 18.8 Å². The Bertz CT molecular complexity index is 647. The highest BCUT2D eigenvalue weighted by atomic mass is 127. The number of hydrogen-bond acceptors (Lipinski definition) is 3. The van der Waals surface area contributed by atoms with Gasteiger partial charge in [-0.3, -0.25) is 4.79 Å². The van der Waals surface area contributed by atoms with Gasteiger partial charge >= 0.3 is 0 Å². The highest BCUT2D eigenvalue weighted by Crippen LogP contribution is 2.33. The van der Waals surface area contributed by atoms with Gasteiger partial charge in [0, 0.05) is 39.7 Å². The smallest absolute Gasteiger partial charge is 0.243 e. The number of benzene rings is 1. The Morgan fingerprint density at radius 3 is 2.55 bits per heavy atom. The first-order valence-electron chi connectivity index (χ1n) is 10.3. The van der Waals surface area contributed by atoms with Crippen molar-refractivity contribution in [3.63, 3.8) is 0 Å². The van der Waals surface area contributed by atoms with E-state index in [1.807, 2.05) is 0 Å². The molecule has 0 bridgehead atoms. The summed E-state index contributed by atoms with van der Waals surface area (Å²) in [7, 11) is 3.50. The molecule has 1 aliphatic heterocycles. The maximum Gasteiger partial charge on any atom is 0.243 e. The summed E-state index contributed by atoms with van der Waals surface area (Å²) in [5.74, 6) is 1.54. The third kappa shape index (κ3) is 8.90. The minimum Gasteiger partial charge on any atom is -0.373 e. The van der Waals surface area contributed by atoms with Crippen LogP contribution in [0.3, 0.4) is 0 Å². The molecule has 2 atom stereocenters. The standard InChI is InChI=1S/C22H36N4O2.HI/c1-16(2)13-23-22(25-15-20(27)26(4)5)24-14-19-7-6-12-28-21(19)18-10-8-17(3)9-11-18;/h8-11,16,19,21H,6-7,12-15H2,1-5H3,(H2,23,24,25);1H. The largest absolute Gasteiger partial charge is 0.373 e. The molecule has 164 valence electrons. The van der Waals surface area contributed by atoms with Crippen LogP contribution in [0.25, 0.3) is 0 Å². The van der Waals surface area contributed by atoms with E-state index in [0.29, 0.717) is 17.8 Å². The number of aryl methyl sites for hydroxylation is 1. The lowest BCUT2D eigenvalue weighted by Crippen LogP contribution is -2.43. The van der Waals surface area contributed by atoms with Crippen LogP contribution in [0.15, 0.2) is 29.3 Å². The average molecular weight is 516 g/mol. The van der Waals surface area contributed by atoms with Gasteiger partial charge in [-0.15, -0.1) is 24.0 Å². The monoisotopic (exact) mass is 516 g/mol. The van der Waals surface area contributed by atoms with Crippen molar-refractivity contribution in [1.82, 2.24) is 15.5 Å². The molecule has 7 heteroatoms. The fraction of sp³-hybridized carbons (Fsp3) is 0.636. The number of amides is 1. The first-order valence-corrected chi connectivity index (χ1v) is 10.3. The zero-order valence-corrected chi connectivity index (χ0v) is 20.7. The summed E-state index contributed by atoms with van der Waals surface area (Å²) in [4.78, 5) is 17.9. The molecule has 0 radical (unpaired) electrons. The molecule has 1 aliphatic rings. The predicted molar refractivity (Wildman–Crippen MR) is 130 cm³/mol. The van der Waals surface area contributed by atoms with Gasteiger partial charge in [-0.25, -0.2) is 4.99 Å². The summed E-state index contributed by atoms with van der Waals surface area (Å²) in [6.45, 7) is 8.92. The predicted octanol–water partition coefficient (Wildman–Crippen LogP) is 3.36. The molecule has 0 aliphatic carbocycles. The maximum absolute atomic E-state index is 11.9.